The SMILES string of the molecule is Cc1nnc(SCc2ccsc2C(=O)O)o1. The minimum Gasteiger partial charge on any atom is -0.477 e. The molecule has 0 atom stereocenters. The number of carbonyl (C=O) groups is 1. The van der Waals surface area contributed by atoms with Gasteiger partial charge in [0.05, 0.1) is 0 Å². The summed E-state index contributed by atoms with van der Waals surface area (Å²) < 4.78 is 5.18. The van der Waals surface area contributed by atoms with Crippen LogP contribution in [0.3, 0.4) is 0 Å². The highest BCUT2D eigenvalue weighted by Crippen LogP contribution is 2.26. The second-order valence-electron chi connectivity index (χ2n) is 2.96. The number of carboxylic acid groups (broad SMARTS) is 1. The maximum Gasteiger partial charge on any atom is 0.346 e. The summed E-state index contributed by atoms with van der Waals surface area (Å²) in [5, 5.41) is 18.6. The van der Waals surface area contributed by atoms with E-state index in [1.54, 1.807) is 18.4 Å². The number of aromatic nitrogens is 2. The van der Waals surface area contributed by atoms with Gasteiger partial charge in [-0.25, -0.2) is 4.79 Å². The molecule has 0 aliphatic rings. The van der Waals surface area contributed by atoms with Crippen LogP contribution in [0.15, 0.2) is 21.1 Å². The van der Waals surface area contributed by atoms with Crippen LogP contribution in [0.1, 0.15) is 21.1 Å². The lowest BCUT2D eigenvalue weighted by Gasteiger charge is -1.96. The van der Waals surface area contributed by atoms with E-state index < -0.39 is 5.97 Å². The van der Waals surface area contributed by atoms with E-state index in [9.17, 15) is 4.79 Å². The van der Waals surface area contributed by atoms with E-state index in [4.69, 9.17) is 9.52 Å². The molecule has 0 unspecified atom stereocenters. The summed E-state index contributed by atoms with van der Waals surface area (Å²) in [6.45, 7) is 1.71. The molecule has 0 bridgehead atoms. The van der Waals surface area contributed by atoms with Gasteiger partial charge in [-0.1, -0.05) is 11.8 Å². The molecule has 16 heavy (non-hydrogen) atoms. The molecule has 5 nitrogen and oxygen atoms in total. The Balaban J connectivity index is 2.04. The number of hydrogen-bond acceptors (Lipinski definition) is 6. The quantitative estimate of drug-likeness (QED) is 0.847. The summed E-state index contributed by atoms with van der Waals surface area (Å²) in [6, 6.07) is 1.80. The molecule has 0 saturated carbocycles. The lowest BCUT2D eigenvalue weighted by molar-refractivity contribution is 0.0701. The number of rotatable bonds is 4. The number of thiophene rings is 1. The second-order valence-corrected chi connectivity index (χ2v) is 4.80. The summed E-state index contributed by atoms with van der Waals surface area (Å²) in [7, 11) is 0. The first kappa shape index (κ1) is 11.2. The fraction of sp³-hybridized carbons (Fsp3) is 0.222. The Labute approximate surface area is 99.5 Å². The van der Waals surface area contributed by atoms with Crippen LogP contribution < -0.4 is 0 Å². The number of nitrogens with zero attached hydrogens (tertiary/aromatic N) is 2. The number of hydrogen-bond donors (Lipinski definition) is 1. The van der Waals surface area contributed by atoms with E-state index in [0.29, 0.717) is 21.7 Å². The normalized spacial score (nSPS) is 10.6. The molecule has 0 aliphatic heterocycles. The van der Waals surface area contributed by atoms with E-state index in [-0.39, 0.29) is 0 Å². The Kier molecular flexibility index (Phi) is 3.25. The topological polar surface area (TPSA) is 76.2 Å². The van der Waals surface area contributed by atoms with E-state index >= 15 is 0 Å². The smallest absolute Gasteiger partial charge is 0.346 e. The highest BCUT2D eigenvalue weighted by molar-refractivity contribution is 7.98. The third kappa shape index (κ3) is 2.42. The number of aryl methyl sites for hydroxylation is 1. The van der Waals surface area contributed by atoms with Crippen LogP contribution in [0.2, 0.25) is 0 Å². The summed E-state index contributed by atoms with van der Waals surface area (Å²) in [5.74, 6) is 0.130. The van der Waals surface area contributed by atoms with Gasteiger partial charge in [-0.2, -0.15) is 0 Å². The first-order chi connectivity index (χ1) is 7.66. The van der Waals surface area contributed by atoms with Crippen LogP contribution in [-0.4, -0.2) is 21.3 Å². The van der Waals surface area contributed by atoms with E-state index in [0.717, 1.165) is 5.56 Å². The van der Waals surface area contributed by atoms with Gasteiger partial charge in [0.2, 0.25) is 5.89 Å². The van der Waals surface area contributed by atoms with Gasteiger partial charge < -0.3 is 9.52 Å². The second kappa shape index (κ2) is 4.67. The average Bonchev–Trinajstić information content (AvgIpc) is 2.83. The molecular weight excluding hydrogens is 248 g/mol. The van der Waals surface area contributed by atoms with Crippen molar-refractivity contribution in [3.05, 3.63) is 27.8 Å². The van der Waals surface area contributed by atoms with Gasteiger partial charge in [0.1, 0.15) is 4.88 Å². The predicted molar refractivity (Wildman–Crippen MR) is 59.9 cm³/mol. The minimum absolute atomic E-state index is 0.365. The molecule has 0 radical (unpaired) electrons. The first-order valence-electron chi connectivity index (χ1n) is 4.39. The lowest BCUT2D eigenvalue weighted by atomic mass is 10.3. The van der Waals surface area contributed by atoms with Crippen molar-refractivity contribution in [1.82, 2.24) is 10.2 Å². The minimum atomic E-state index is -0.896. The highest BCUT2D eigenvalue weighted by Gasteiger charge is 2.13. The monoisotopic (exact) mass is 256 g/mol. The number of aromatic carboxylic acids is 1. The molecule has 7 heteroatoms. The molecule has 0 amide bonds. The predicted octanol–water partition coefficient (Wildman–Crippen LogP) is 2.43. The van der Waals surface area contributed by atoms with Gasteiger partial charge in [-0.3, -0.25) is 0 Å². The molecule has 84 valence electrons. The molecule has 0 aliphatic carbocycles. The zero-order chi connectivity index (χ0) is 11.5. The number of thioether (sulfide) groups is 1. The van der Waals surface area contributed by atoms with Gasteiger partial charge in [0.15, 0.2) is 0 Å². The fourth-order valence-electron chi connectivity index (χ4n) is 1.11. The number of carboxylic acids is 1. The maximum atomic E-state index is 10.8. The zero-order valence-electron chi connectivity index (χ0n) is 8.34. The fourth-order valence-corrected chi connectivity index (χ4v) is 2.76. The van der Waals surface area contributed by atoms with E-state index in [2.05, 4.69) is 10.2 Å². The van der Waals surface area contributed by atoms with E-state index in [1.807, 2.05) is 0 Å². The van der Waals surface area contributed by atoms with E-state index in [1.165, 1.54) is 23.1 Å². The van der Waals surface area contributed by atoms with Crippen LogP contribution in [-0.2, 0) is 5.75 Å². The van der Waals surface area contributed by atoms with Gasteiger partial charge in [0, 0.05) is 12.7 Å². The Morgan fingerprint density at radius 3 is 3.06 bits per heavy atom. The molecule has 2 aromatic rings. The van der Waals surface area contributed by atoms with Crippen LogP contribution in [0, 0.1) is 6.92 Å². The summed E-state index contributed by atoms with van der Waals surface area (Å²) in [6.07, 6.45) is 0. The first-order valence-corrected chi connectivity index (χ1v) is 6.26. The van der Waals surface area contributed by atoms with Gasteiger partial charge >= 0.3 is 5.97 Å². The van der Waals surface area contributed by atoms with Crippen LogP contribution in [0.4, 0.5) is 0 Å². The molecule has 0 spiro atoms. The van der Waals surface area contributed by atoms with Gasteiger partial charge in [-0.05, 0) is 17.0 Å². The van der Waals surface area contributed by atoms with Crippen molar-refractivity contribution in [2.24, 2.45) is 0 Å². The van der Waals surface area contributed by atoms with Crippen molar-refractivity contribution in [2.45, 2.75) is 17.9 Å². The third-order valence-electron chi connectivity index (χ3n) is 1.80. The largest absolute Gasteiger partial charge is 0.477 e. The maximum absolute atomic E-state index is 10.8. The van der Waals surface area contributed by atoms with Crippen molar-refractivity contribution in [3.63, 3.8) is 0 Å². The van der Waals surface area contributed by atoms with Crippen molar-refractivity contribution >= 4 is 29.1 Å². The van der Waals surface area contributed by atoms with Gasteiger partial charge in [-0.15, -0.1) is 21.5 Å². The molecule has 0 saturated heterocycles. The summed E-state index contributed by atoms with van der Waals surface area (Å²) in [4.78, 5) is 11.2. The Morgan fingerprint density at radius 2 is 2.44 bits per heavy atom. The van der Waals surface area contributed by atoms with Crippen LogP contribution >= 0.6 is 23.1 Å². The highest BCUT2D eigenvalue weighted by atomic mass is 32.2. The van der Waals surface area contributed by atoms with Crippen molar-refractivity contribution in [2.75, 3.05) is 0 Å². The molecule has 2 rings (SSSR count). The van der Waals surface area contributed by atoms with Crippen molar-refractivity contribution in [3.8, 4) is 0 Å². The van der Waals surface area contributed by atoms with Gasteiger partial charge in [0.25, 0.3) is 5.22 Å². The van der Waals surface area contributed by atoms with Crippen LogP contribution in [0.5, 0.6) is 0 Å². The van der Waals surface area contributed by atoms with Crippen molar-refractivity contribution < 1.29 is 14.3 Å². The third-order valence-corrected chi connectivity index (χ3v) is 3.61. The Morgan fingerprint density at radius 1 is 1.62 bits per heavy atom. The Hall–Kier alpha value is -1.34. The zero-order valence-corrected chi connectivity index (χ0v) is 9.97. The molecule has 2 heterocycles. The van der Waals surface area contributed by atoms with Crippen LogP contribution in [0.25, 0.3) is 0 Å². The van der Waals surface area contributed by atoms with Crippen molar-refractivity contribution in [1.29, 1.82) is 0 Å². The summed E-state index contributed by atoms with van der Waals surface area (Å²) in [5.41, 5.74) is 0.776. The molecule has 0 aromatic carbocycles. The standard InChI is InChI=1S/C9H8N2O3S2/c1-5-10-11-9(14-5)16-4-6-2-3-15-7(6)8(12)13/h2-3H,4H2,1H3,(H,12,13). The molecule has 1 N–H and O–H groups in total. The average molecular weight is 256 g/mol. The summed E-state index contributed by atoms with van der Waals surface area (Å²) >= 11 is 2.55. The molecular formula is C9H8N2O3S2. The molecule has 2 aromatic heterocycles. The molecule has 0 fully saturated rings. The Bertz CT molecular complexity index is 506. The lowest BCUT2D eigenvalue weighted by Crippen LogP contribution is -1.96.